The lowest BCUT2D eigenvalue weighted by Crippen LogP contribution is -2.36. The second kappa shape index (κ2) is 7.55. The van der Waals surface area contributed by atoms with Crippen molar-refractivity contribution in [3.63, 3.8) is 0 Å². The second-order valence-corrected chi connectivity index (χ2v) is 5.53. The number of nitrogens with one attached hydrogen (secondary N) is 1. The third-order valence-corrected chi connectivity index (χ3v) is 3.43. The zero-order valence-corrected chi connectivity index (χ0v) is 12.5. The predicted octanol–water partition coefficient (Wildman–Crippen LogP) is 3.24. The van der Waals surface area contributed by atoms with Gasteiger partial charge in [-0.3, -0.25) is 0 Å². The van der Waals surface area contributed by atoms with Gasteiger partial charge in [0.25, 0.3) is 0 Å². The Hall–Kier alpha value is -0.860. The molecule has 1 rings (SSSR count). The zero-order valence-electron chi connectivity index (χ0n) is 12.5. The molecule has 18 heavy (non-hydrogen) atoms. The summed E-state index contributed by atoms with van der Waals surface area (Å²) >= 11 is 0. The molecule has 0 spiro atoms. The SMILES string of the molecule is CCN(C)CC(C)NCc1ccc(C(C)C)cc1. The van der Waals surface area contributed by atoms with E-state index in [1.807, 2.05) is 0 Å². The fourth-order valence-corrected chi connectivity index (χ4v) is 1.97. The molecule has 0 bridgehead atoms. The molecule has 1 atom stereocenters. The van der Waals surface area contributed by atoms with Gasteiger partial charge in [-0.1, -0.05) is 45.0 Å². The molecule has 0 fully saturated rings. The van der Waals surface area contributed by atoms with Crippen LogP contribution in [0, 0.1) is 0 Å². The second-order valence-electron chi connectivity index (χ2n) is 5.53. The van der Waals surface area contributed by atoms with Crippen LogP contribution in [0.4, 0.5) is 0 Å². The first-order valence-electron chi connectivity index (χ1n) is 7.03. The van der Waals surface area contributed by atoms with Gasteiger partial charge in [0.2, 0.25) is 0 Å². The summed E-state index contributed by atoms with van der Waals surface area (Å²) in [6.45, 7) is 12.1. The molecule has 1 N–H and O–H groups in total. The third-order valence-electron chi connectivity index (χ3n) is 3.43. The van der Waals surface area contributed by atoms with Crippen LogP contribution in [0.1, 0.15) is 44.7 Å². The molecular weight excluding hydrogens is 220 g/mol. The van der Waals surface area contributed by atoms with Gasteiger partial charge in [0.05, 0.1) is 0 Å². The molecule has 0 aromatic heterocycles. The Kier molecular flexibility index (Phi) is 6.37. The van der Waals surface area contributed by atoms with Crippen molar-refractivity contribution in [2.24, 2.45) is 0 Å². The molecule has 0 aliphatic rings. The maximum absolute atomic E-state index is 3.57. The van der Waals surface area contributed by atoms with Crippen molar-refractivity contribution < 1.29 is 0 Å². The van der Waals surface area contributed by atoms with Crippen molar-refractivity contribution in [2.45, 2.75) is 46.2 Å². The van der Waals surface area contributed by atoms with Crippen molar-refractivity contribution in [3.05, 3.63) is 35.4 Å². The van der Waals surface area contributed by atoms with Gasteiger partial charge in [-0.05, 0) is 37.6 Å². The van der Waals surface area contributed by atoms with Crippen molar-refractivity contribution in [2.75, 3.05) is 20.1 Å². The van der Waals surface area contributed by atoms with Crippen LogP contribution in [0.15, 0.2) is 24.3 Å². The van der Waals surface area contributed by atoms with Crippen LogP contribution >= 0.6 is 0 Å². The summed E-state index contributed by atoms with van der Waals surface area (Å²) in [4.78, 5) is 2.33. The molecule has 1 aromatic rings. The van der Waals surface area contributed by atoms with E-state index >= 15 is 0 Å². The molecule has 0 amide bonds. The van der Waals surface area contributed by atoms with Gasteiger partial charge >= 0.3 is 0 Å². The lowest BCUT2D eigenvalue weighted by Gasteiger charge is -2.20. The lowest BCUT2D eigenvalue weighted by molar-refractivity contribution is 0.309. The number of hydrogen-bond acceptors (Lipinski definition) is 2. The average Bonchev–Trinajstić information content (AvgIpc) is 2.36. The topological polar surface area (TPSA) is 15.3 Å². The van der Waals surface area contributed by atoms with Crippen molar-refractivity contribution in [3.8, 4) is 0 Å². The fraction of sp³-hybridized carbons (Fsp3) is 0.625. The van der Waals surface area contributed by atoms with E-state index in [0.29, 0.717) is 12.0 Å². The van der Waals surface area contributed by atoms with E-state index in [1.165, 1.54) is 11.1 Å². The Morgan fingerprint density at radius 1 is 1.11 bits per heavy atom. The molecule has 1 unspecified atom stereocenters. The summed E-state index contributed by atoms with van der Waals surface area (Å²) in [5.41, 5.74) is 2.78. The number of nitrogens with zero attached hydrogens (tertiary/aromatic N) is 1. The summed E-state index contributed by atoms with van der Waals surface area (Å²) in [7, 11) is 2.16. The molecule has 0 heterocycles. The quantitative estimate of drug-likeness (QED) is 0.797. The van der Waals surface area contributed by atoms with E-state index in [9.17, 15) is 0 Å². The van der Waals surface area contributed by atoms with Gasteiger partial charge < -0.3 is 10.2 Å². The normalized spacial score (nSPS) is 13.3. The third kappa shape index (κ3) is 5.19. The van der Waals surface area contributed by atoms with Crippen LogP contribution in [0.25, 0.3) is 0 Å². The minimum absolute atomic E-state index is 0.528. The fourth-order valence-electron chi connectivity index (χ4n) is 1.97. The van der Waals surface area contributed by atoms with E-state index in [4.69, 9.17) is 0 Å². The molecule has 0 aliphatic heterocycles. The maximum Gasteiger partial charge on any atom is 0.0208 e. The van der Waals surface area contributed by atoms with Crippen LogP contribution < -0.4 is 5.32 Å². The average molecular weight is 248 g/mol. The summed E-state index contributed by atoms with van der Waals surface area (Å²) < 4.78 is 0. The largest absolute Gasteiger partial charge is 0.309 e. The number of hydrogen-bond donors (Lipinski definition) is 1. The summed E-state index contributed by atoms with van der Waals surface area (Å²) in [6, 6.07) is 9.48. The Balaban J connectivity index is 2.39. The van der Waals surface area contributed by atoms with E-state index in [2.05, 4.69) is 69.2 Å². The Bertz CT molecular complexity index is 329. The predicted molar refractivity (Wildman–Crippen MR) is 80.0 cm³/mol. The van der Waals surface area contributed by atoms with Gasteiger partial charge in [0, 0.05) is 19.1 Å². The van der Waals surface area contributed by atoms with Crippen LogP contribution in [-0.4, -0.2) is 31.1 Å². The highest BCUT2D eigenvalue weighted by atomic mass is 15.1. The first-order chi connectivity index (χ1) is 8.52. The smallest absolute Gasteiger partial charge is 0.0208 e. The number of rotatable bonds is 7. The lowest BCUT2D eigenvalue weighted by atomic mass is 10.0. The molecule has 0 radical (unpaired) electrons. The standard InChI is InChI=1S/C16H28N2/c1-6-18(5)12-14(4)17-11-15-7-9-16(10-8-15)13(2)3/h7-10,13-14,17H,6,11-12H2,1-5H3. The summed E-state index contributed by atoms with van der Waals surface area (Å²) in [6.07, 6.45) is 0. The van der Waals surface area contributed by atoms with Crippen LogP contribution in [0.3, 0.4) is 0 Å². The molecule has 0 saturated heterocycles. The molecule has 2 nitrogen and oxygen atoms in total. The van der Waals surface area contributed by atoms with E-state index in [0.717, 1.165) is 19.6 Å². The van der Waals surface area contributed by atoms with Crippen LogP contribution in [-0.2, 0) is 6.54 Å². The first kappa shape index (κ1) is 15.2. The number of likely N-dealkylation sites (N-methyl/N-ethyl adjacent to an activating group) is 1. The summed E-state index contributed by atoms with van der Waals surface area (Å²) in [5, 5.41) is 3.57. The van der Waals surface area contributed by atoms with Gasteiger partial charge in [0.1, 0.15) is 0 Å². The molecule has 0 saturated carbocycles. The van der Waals surface area contributed by atoms with E-state index in [1.54, 1.807) is 0 Å². The van der Waals surface area contributed by atoms with Gasteiger partial charge in [-0.25, -0.2) is 0 Å². The monoisotopic (exact) mass is 248 g/mol. The highest BCUT2D eigenvalue weighted by Crippen LogP contribution is 2.14. The molecular formula is C16H28N2. The highest BCUT2D eigenvalue weighted by molar-refractivity contribution is 5.24. The Morgan fingerprint density at radius 2 is 1.72 bits per heavy atom. The van der Waals surface area contributed by atoms with E-state index in [-0.39, 0.29) is 0 Å². The van der Waals surface area contributed by atoms with Gasteiger partial charge in [-0.2, -0.15) is 0 Å². The van der Waals surface area contributed by atoms with Gasteiger partial charge in [0.15, 0.2) is 0 Å². The van der Waals surface area contributed by atoms with Gasteiger partial charge in [-0.15, -0.1) is 0 Å². The Labute approximate surface area is 112 Å². The van der Waals surface area contributed by atoms with E-state index < -0.39 is 0 Å². The van der Waals surface area contributed by atoms with Crippen LogP contribution in [0.5, 0.6) is 0 Å². The van der Waals surface area contributed by atoms with Crippen LogP contribution in [0.2, 0.25) is 0 Å². The highest BCUT2D eigenvalue weighted by Gasteiger charge is 2.04. The van der Waals surface area contributed by atoms with Crippen molar-refractivity contribution in [1.82, 2.24) is 10.2 Å². The van der Waals surface area contributed by atoms with Crippen molar-refractivity contribution >= 4 is 0 Å². The minimum Gasteiger partial charge on any atom is -0.309 e. The first-order valence-corrected chi connectivity index (χ1v) is 7.03. The maximum atomic E-state index is 3.57. The zero-order chi connectivity index (χ0) is 13.5. The summed E-state index contributed by atoms with van der Waals surface area (Å²) in [5.74, 6) is 0.615. The molecule has 2 heteroatoms. The minimum atomic E-state index is 0.528. The Morgan fingerprint density at radius 3 is 2.22 bits per heavy atom. The molecule has 102 valence electrons. The number of benzene rings is 1. The molecule has 0 aliphatic carbocycles. The van der Waals surface area contributed by atoms with Crippen molar-refractivity contribution in [1.29, 1.82) is 0 Å². The molecule has 1 aromatic carbocycles.